The molecule has 3 aliphatic rings. The van der Waals surface area contributed by atoms with Crippen LogP contribution in [-0.4, -0.2) is 51.6 Å². The number of fused-ring (bicyclic) bond motifs is 2. The van der Waals surface area contributed by atoms with Crippen molar-refractivity contribution < 1.29 is 23.9 Å². The molecular formula is C33H38N2O5. The summed E-state index contributed by atoms with van der Waals surface area (Å²) in [4.78, 5) is 54.3. The first kappa shape index (κ1) is 27.8. The van der Waals surface area contributed by atoms with Gasteiger partial charge in [-0.25, -0.2) is 4.79 Å². The minimum Gasteiger partial charge on any atom is -0.444 e. The van der Waals surface area contributed by atoms with Crippen molar-refractivity contribution in [1.82, 2.24) is 9.80 Å². The van der Waals surface area contributed by atoms with Gasteiger partial charge in [0, 0.05) is 44.5 Å². The van der Waals surface area contributed by atoms with E-state index in [1.54, 1.807) is 9.80 Å². The number of amides is 2. The number of carbonyl (C=O) groups is 4. The van der Waals surface area contributed by atoms with Crippen LogP contribution < -0.4 is 0 Å². The fourth-order valence-electron chi connectivity index (χ4n) is 5.89. The second-order valence-corrected chi connectivity index (χ2v) is 12.3. The van der Waals surface area contributed by atoms with E-state index < -0.39 is 5.60 Å². The Morgan fingerprint density at radius 3 is 2.48 bits per heavy atom. The number of rotatable bonds is 6. The molecular weight excluding hydrogens is 504 g/mol. The zero-order valence-corrected chi connectivity index (χ0v) is 23.8. The average molecular weight is 543 g/mol. The molecule has 0 spiro atoms. The van der Waals surface area contributed by atoms with Crippen molar-refractivity contribution in [2.75, 3.05) is 6.54 Å². The summed E-state index contributed by atoms with van der Waals surface area (Å²) in [5.74, 6) is 0.160. The molecule has 2 aromatic carbocycles. The van der Waals surface area contributed by atoms with Gasteiger partial charge in [-0.15, -0.1) is 0 Å². The maximum absolute atomic E-state index is 13.0. The molecule has 0 bridgehead atoms. The Kier molecular flexibility index (Phi) is 7.67. The van der Waals surface area contributed by atoms with Crippen LogP contribution in [0.3, 0.4) is 0 Å². The molecule has 0 radical (unpaired) electrons. The maximum Gasteiger partial charge on any atom is 0.410 e. The highest BCUT2D eigenvalue weighted by Gasteiger charge is 2.37. The van der Waals surface area contributed by atoms with E-state index in [2.05, 4.69) is 12.6 Å². The molecule has 1 saturated carbocycles. The fourth-order valence-corrected chi connectivity index (χ4v) is 5.89. The molecule has 5 rings (SSSR count). The van der Waals surface area contributed by atoms with Crippen LogP contribution in [0.4, 0.5) is 4.79 Å². The van der Waals surface area contributed by atoms with Crippen molar-refractivity contribution >= 4 is 23.6 Å². The van der Waals surface area contributed by atoms with Gasteiger partial charge in [0.05, 0.1) is 6.04 Å². The van der Waals surface area contributed by atoms with Crippen LogP contribution in [0.25, 0.3) is 0 Å². The van der Waals surface area contributed by atoms with Gasteiger partial charge in [0.1, 0.15) is 11.4 Å². The molecule has 0 saturated heterocycles. The van der Waals surface area contributed by atoms with Crippen molar-refractivity contribution in [2.45, 2.75) is 90.4 Å². The monoisotopic (exact) mass is 542 g/mol. The van der Waals surface area contributed by atoms with E-state index in [1.165, 1.54) is 5.56 Å². The lowest BCUT2D eigenvalue weighted by Gasteiger charge is -2.31. The minimum absolute atomic E-state index is 0.0748. The zero-order valence-electron chi connectivity index (χ0n) is 23.8. The SMILES string of the molecule is C=C1CCC(N2Cc3cc(CCC(=O)Cc4ccc5c(c4)CCN(C(=O)OC(C)(C)C)C5)ccc3C2=O)C(=O)C1. The molecule has 1 fully saturated rings. The molecule has 210 valence electrons. The molecule has 0 N–H and O–H groups in total. The zero-order chi connectivity index (χ0) is 28.6. The summed E-state index contributed by atoms with van der Waals surface area (Å²) < 4.78 is 5.51. The summed E-state index contributed by atoms with van der Waals surface area (Å²) in [6, 6.07) is 11.5. The lowest BCUT2D eigenvalue weighted by molar-refractivity contribution is -0.124. The van der Waals surface area contributed by atoms with Crippen molar-refractivity contribution in [3.63, 3.8) is 0 Å². The first-order valence-corrected chi connectivity index (χ1v) is 14.2. The quantitative estimate of drug-likeness (QED) is 0.459. The molecule has 2 heterocycles. The van der Waals surface area contributed by atoms with E-state index in [0.29, 0.717) is 57.3 Å². The van der Waals surface area contributed by atoms with Crippen LogP contribution in [0.5, 0.6) is 0 Å². The first-order valence-electron chi connectivity index (χ1n) is 14.2. The number of benzene rings is 2. The normalized spacial score (nSPS) is 19.0. The van der Waals surface area contributed by atoms with Gasteiger partial charge >= 0.3 is 6.09 Å². The number of aryl methyl sites for hydroxylation is 1. The van der Waals surface area contributed by atoms with Crippen LogP contribution in [0, 0.1) is 0 Å². The van der Waals surface area contributed by atoms with E-state index >= 15 is 0 Å². The number of allylic oxidation sites excluding steroid dienone is 1. The van der Waals surface area contributed by atoms with Crippen LogP contribution >= 0.6 is 0 Å². The summed E-state index contributed by atoms with van der Waals surface area (Å²) in [5.41, 5.74) is 6.30. The Labute approximate surface area is 236 Å². The first-order chi connectivity index (χ1) is 19.0. The molecule has 1 atom stereocenters. The smallest absolute Gasteiger partial charge is 0.410 e. The van der Waals surface area contributed by atoms with E-state index in [9.17, 15) is 19.2 Å². The largest absolute Gasteiger partial charge is 0.444 e. The van der Waals surface area contributed by atoms with E-state index in [1.807, 2.05) is 51.1 Å². The molecule has 0 aromatic heterocycles. The summed E-state index contributed by atoms with van der Waals surface area (Å²) >= 11 is 0. The summed E-state index contributed by atoms with van der Waals surface area (Å²) in [6.07, 6.45) is 3.61. The fraction of sp³-hybridized carbons (Fsp3) is 0.455. The number of nitrogens with zero attached hydrogens (tertiary/aromatic N) is 2. The lowest BCUT2D eigenvalue weighted by atomic mass is 9.90. The molecule has 40 heavy (non-hydrogen) atoms. The van der Waals surface area contributed by atoms with Crippen molar-refractivity contribution in [3.8, 4) is 0 Å². The molecule has 7 heteroatoms. The molecule has 7 nitrogen and oxygen atoms in total. The van der Waals surface area contributed by atoms with E-state index in [-0.39, 0.29) is 29.6 Å². The van der Waals surface area contributed by atoms with Crippen molar-refractivity contribution in [2.24, 2.45) is 0 Å². The van der Waals surface area contributed by atoms with Crippen LogP contribution in [0.2, 0.25) is 0 Å². The predicted octanol–water partition coefficient (Wildman–Crippen LogP) is 5.36. The maximum atomic E-state index is 13.0. The van der Waals surface area contributed by atoms with Crippen LogP contribution in [-0.2, 0) is 46.7 Å². The van der Waals surface area contributed by atoms with E-state index in [4.69, 9.17) is 4.74 Å². The second-order valence-electron chi connectivity index (χ2n) is 12.3. The van der Waals surface area contributed by atoms with Gasteiger partial charge in [-0.2, -0.15) is 0 Å². The molecule has 2 aromatic rings. The number of ketones is 2. The standard InChI is InChI=1S/C33H38N2O5/c1-21-5-12-29(30(37)15-21)35-20-26-16-22(8-11-28(26)31(35)38)7-10-27(36)18-23-6-9-25-19-34(14-13-24(25)17-23)32(39)40-33(2,3)4/h6,8-9,11,16-17,29H,1,5,7,10,12-15,18-20H2,2-4H3. The van der Waals surface area contributed by atoms with Gasteiger partial charge in [-0.1, -0.05) is 42.5 Å². The lowest BCUT2D eigenvalue weighted by Crippen LogP contribution is -2.43. The molecule has 2 aliphatic heterocycles. The molecule has 2 amide bonds. The predicted molar refractivity (Wildman–Crippen MR) is 152 cm³/mol. The molecule has 1 aliphatic carbocycles. The van der Waals surface area contributed by atoms with Crippen molar-refractivity contribution in [3.05, 3.63) is 81.9 Å². The van der Waals surface area contributed by atoms with E-state index in [0.717, 1.165) is 40.7 Å². The van der Waals surface area contributed by atoms with Gasteiger partial charge in [0.15, 0.2) is 5.78 Å². The highest BCUT2D eigenvalue weighted by atomic mass is 16.6. The Morgan fingerprint density at radius 2 is 1.73 bits per heavy atom. The Balaban J connectivity index is 1.14. The molecule has 1 unspecified atom stereocenters. The number of ether oxygens (including phenoxy) is 1. The number of Topliss-reactive ketones (excluding diaryl/α,β-unsaturated/α-hetero) is 2. The topological polar surface area (TPSA) is 84.0 Å². The summed E-state index contributed by atoms with van der Waals surface area (Å²) in [6.45, 7) is 11.1. The van der Waals surface area contributed by atoms with Gasteiger partial charge in [0.25, 0.3) is 5.91 Å². The van der Waals surface area contributed by atoms with Crippen molar-refractivity contribution in [1.29, 1.82) is 0 Å². The summed E-state index contributed by atoms with van der Waals surface area (Å²) in [5, 5.41) is 0. The Hall–Kier alpha value is -3.74. The third-order valence-electron chi connectivity index (χ3n) is 7.97. The number of hydrogen-bond acceptors (Lipinski definition) is 5. The van der Waals surface area contributed by atoms with Crippen LogP contribution in [0.1, 0.15) is 84.6 Å². The Bertz CT molecular complexity index is 1390. The van der Waals surface area contributed by atoms with Gasteiger partial charge < -0.3 is 14.5 Å². The van der Waals surface area contributed by atoms with Gasteiger partial charge in [-0.05, 0) is 80.3 Å². The minimum atomic E-state index is -0.523. The second kappa shape index (κ2) is 11.0. The number of carbonyl (C=O) groups excluding carboxylic acids is 4. The average Bonchev–Trinajstić information content (AvgIpc) is 3.21. The van der Waals surface area contributed by atoms with Crippen LogP contribution in [0.15, 0.2) is 48.6 Å². The summed E-state index contributed by atoms with van der Waals surface area (Å²) in [7, 11) is 0. The third kappa shape index (κ3) is 6.19. The number of hydrogen-bond donors (Lipinski definition) is 0. The van der Waals surface area contributed by atoms with Gasteiger partial charge in [-0.3, -0.25) is 14.4 Å². The highest BCUT2D eigenvalue weighted by molar-refractivity contribution is 6.02. The third-order valence-corrected chi connectivity index (χ3v) is 7.97. The van der Waals surface area contributed by atoms with Gasteiger partial charge in [0.2, 0.25) is 0 Å². The highest BCUT2D eigenvalue weighted by Crippen LogP contribution is 2.31. The Morgan fingerprint density at radius 1 is 0.975 bits per heavy atom.